The van der Waals surface area contributed by atoms with E-state index in [9.17, 15) is 14.4 Å². The van der Waals surface area contributed by atoms with Crippen LogP contribution in [0.15, 0.2) is 97.2 Å². The first-order valence-electron chi connectivity index (χ1n) is 35.7. The average molecular weight is 1160 g/mol. The van der Waals surface area contributed by atoms with Crippen LogP contribution >= 0.6 is 0 Å². The molecule has 0 saturated heterocycles. The van der Waals surface area contributed by atoms with Crippen molar-refractivity contribution in [1.82, 2.24) is 0 Å². The van der Waals surface area contributed by atoms with Crippen LogP contribution in [0, 0.1) is 0 Å². The zero-order valence-corrected chi connectivity index (χ0v) is 54.9. The highest BCUT2D eigenvalue weighted by Gasteiger charge is 2.19. The van der Waals surface area contributed by atoms with Crippen molar-refractivity contribution in [3.8, 4) is 0 Å². The summed E-state index contributed by atoms with van der Waals surface area (Å²) in [5.41, 5.74) is 0. The van der Waals surface area contributed by atoms with Gasteiger partial charge in [-0.1, -0.05) is 330 Å². The molecule has 0 aliphatic rings. The molecular weight excluding hydrogens is 1020 g/mol. The van der Waals surface area contributed by atoms with Gasteiger partial charge in [0.15, 0.2) is 6.10 Å². The van der Waals surface area contributed by atoms with Crippen LogP contribution in [0.1, 0.15) is 355 Å². The third-order valence-electron chi connectivity index (χ3n) is 15.6. The maximum atomic E-state index is 13.0. The third kappa shape index (κ3) is 69.0. The van der Waals surface area contributed by atoms with E-state index in [0.29, 0.717) is 19.3 Å². The zero-order chi connectivity index (χ0) is 59.9. The van der Waals surface area contributed by atoms with E-state index in [1.807, 2.05) is 0 Å². The monoisotopic (exact) mass is 1160 g/mol. The molecule has 1 unspecified atom stereocenters. The molecule has 0 radical (unpaired) electrons. The van der Waals surface area contributed by atoms with Crippen LogP contribution in [0.2, 0.25) is 0 Å². The number of hydrogen-bond acceptors (Lipinski definition) is 6. The quantitative estimate of drug-likeness (QED) is 0.0261. The van der Waals surface area contributed by atoms with Crippen molar-refractivity contribution in [2.75, 3.05) is 13.2 Å². The van der Waals surface area contributed by atoms with Crippen LogP contribution in [-0.4, -0.2) is 37.2 Å². The van der Waals surface area contributed by atoms with Gasteiger partial charge >= 0.3 is 17.9 Å². The summed E-state index contributed by atoms with van der Waals surface area (Å²) in [7, 11) is 0. The number of carbonyl (C=O) groups is 3. The molecule has 0 aromatic heterocycles. The molecule has 0 bridgehead atoms. The standard InChI is InChI=1S/C77H134O6/c1-4-7-10-13-16-19-22-25-28-31-34-36-38-40-43-46-49-52-55-58-61-64-67-70-76(79)82-73-74(72-81-75(78)69-66-63-60-57-54-51-48-45-42-33-30-27-24-21-18-15-12-9-6-3)83-77(80)71-68-65-62-59-56-53-50-47-44-41-39-37-35-32-29-26-23-20-17-14-11-8-5-2/h7,10,16,18-19,21,25,27-28,30,34,36,40,43,49,52,74H,4-6,8-9,11-15,17,20,22-24,26,29,31-33,35,37-39,41-42,44-48,50-51,53-73H2,1-3H3/b10-7-,19-16-,21-18-,28-25-,30-27-,36-34-,43-40-,52-49-. The first-order valence-corrected chi connectivity index (χ1v) is 35.7. The summed E-state index contributed by atoms with van der Waals surface area (Å²) in [5, 5.41) is 0. The maximum absolute atomic E-state index is 13.0. The van der Waals surface area contributed by atoms with E-state index in [4.69, 9.17) is 14.2 Å². The van der Waals surface area contributed by atoms with E-state index < -0.39 is 6.10 Å². The summed E-state index contributed by atoms with van der Waals surface area (Å²) in [4.78, 5) is 38.5. The largest absolute Gasteiger partial charge is 0.462 e. The van der Waals surface area contributed by atoms with Crippen molar-refractivity contribution in [2.45, 2.75) is 361 Å². The second kappa shape index (κ2) is 70.8. The van der Waals surface area contributed by atoms with Crippen molar-refractivity contribution in [3.05, 3.63) is 97.2 Å². The summed E-state index contributed by atoms with van der Waals surface area (Å²) >= 11 is 0. The first kappa shape index (κ1) is 79.3. The predicted octanol–water partition coefficient (Wildman–Crippen LogP) is 24.8. The molecule has 0 amide bonds. The van der Waals surface area contributed by atoms with Gasteiger partial charge in [-0.3, -0.25) is 14.4 Å². The predicted molar refractivity (Wildman–Crippen MR) is 362 cm³/mol. The number of allylic oxidation sites excluding steroid dienone is 16. The van der Waals surface area contributed by atoms with E-state index in [2.05, 4.69) is 118 Å². The molecule has 0 fully saturated rings. The molecular formula is C77H134O6. The molecule has 478 valence electrons. The average Bonchev–Trinajstić information content (AvgIpc) is 3.49. The minimum absolute atomic E-state index is 0.0855. The second-order valence-corrected chi connectivity index (χ2v) is 23.8. The number of esters is 3. The van der Waals surface area contributed by atoms with E-state index in [1.165, 1.54) is 199 Å². The highest BCUT2D eigenvalue weighted by atomic mass is 16.6. The minimum atomic E-state index is -0.792. The molecule has 0 N–H and O–H groups in total. The second-order valence-electron chi connectivity index (χ2n) is 23.8. The molecule has 1 atom stereocenters. The third-order valence-corrected chi connectivity index (χ3v) is 15.6. The molecule has 6 heteroatoms. The van der Waals surface area contributed by atoms with Crippen LogP contribution in [0.25, 0.3) is 0 Å². The van der Waals surface area contributed by atoms with Gasteiger partial charge in [-0.05, 0) is 103 Å². The summed E-state index contributed by atoms with van der Waals surface area (Å²) < 4.78 is 17.0. The van der Waals surface area contributed by atoms with Gasteiger partial charge in [0, 0.05) is 19.3 Å². The molecule has 0 rings (SSSR count). The molecule has 0 spiro atoms. The van der Waals surface area contributed by atoms with Crippen molar-refractivity contribution in [2.24, 2.45) is 0 Å². The zero-order valence-electron chi connectivity index (χ0n) is 54.9. The lowest BCUT2D eigenvalue weighted by molar-refractivity contribution is -0.167. The van der Waals surface area contributed by atoms with Gasteiger partial charge in [0.25, 0.3) is 0 Å². The Morgan fingerprint density at radius 2 is 0.470 bits per heavy atom. The van der Waals surface area contributed by atoms with Crippen molar-refractivity contribution in [3.63, 3.8) is 0 Å². The molecule has 6 nitrogen and oxygen atoms in total. The fourth-order valence-corrected chi connectivity index (χ4v) is 10.2. The van der Waals surface area contributed by atoms with Crippen LogP contribution in [0.4, 0.5) is 0 Å². The normalized spacial score (nSPS) is 12.7. The lowest BCUT2D eigenvalue weighted by atomic mass is 10.0. The summed E-state index contributed by atoms with van der Waals surface area (Å²) in [6.45, 7) is 6.53. The fourth-order valence-electron chi connectivity index (χ4n) is 10.2. The van der Waals surface area contributed by atoms with Crippen molar-refractivity contribution in [1.29, 1.82) is 0 Å². The van der Waals surface area contributed by atoms with Crippen LogP contribution < -0.4 is 0 Å². The molecule has 0 aliphatic heterocycles. The minimum Gasteiger partial charge on any atom is -0.462 e. The molecule has 0 aromatic carbocycles. The molecule has 0 aromatic rings. The molecule has 0 heterocycles. The SMILES string of the molecule is CC/C=C\C/C=C\C/C=C\C/C=C\C/C=C\C/C=C\CCCCCCC(=O)OCC(COC(=O)CCCCCCCCCCC/C=C\C/C=C\CCCCC)OC(=O)CCCCCCCCCCCCCCCCCCCCCCCCC. The van der Waals surface area contributed by atoms with Gasteiger partial charge < -0.3 is 14.2 Å². The Bertz CT molecular complexity index is 1610. The Morgan fingerprint density at radius 1 is 0.253 bits per heavy atom. The molecule has 0 saturated carbocycles. The number of ether oxygens (including phenoxy) is 3. The van der Waals surface area contributed by atoms with E-state index in [1.54, 1.807) is 0 Å². The summed E-state index contributed by atoms with van der Waals surface area (Å²) in [6, 6.07) is 0. The Hall–Kier alpha value is -3.67. The Balaban J connectivity index is 4.41. The maximum Gasteiger partial charge on any atom is 0.306 e. The summed E-state index contributed by atoms with van der Waals surface area (Å²) in [6.07, 6.45) is 95.7. The molecule has 0 aliphatic carbocycles. The summed E-state index contributed by atoms with van der Waals surface area (Å²) in [5.74, 6) is -0.896. The van der Waals surface area contributed by atoms with Gasteiger partial charge in [0.05, 0.1) is 0 Å². The number of carbonyl (C=O) groups excluding carboxylic acids is 3. The van der Waals surface area contributed by atoms with Gasteiger partial charge in [-0.25, -0.2) is 0 Å². The lowest BCUT2D eigenvalue weighted by Crippen LogP contribution is -2.30. The van der Waals surface area contributed by atoms with Crippen LogP contribution in [-0.2, 0) is 28.6 Å². The Kier molecular flexibility index (Phi) is 67.7. The van der Waals surface area contributed by atoms with Gasteiger partial charge in [0.2, 0.25) is 0 Å². The van der Waals surface area contributed by atoms with Gasteiger partial charge in [-0.2, -0.15) is 0 Å². The highest BCUT2D eigenvalue weighted by Crippen LogP contribution is 2.18. The lowest BCUT2D eigenvalue weighted by Gasteiger charge is -2.18. The smallest absolute Gasteiger partial charge is 0.306 e. The van der Waals surface area contributed by atoms with Crippen molar-refractivity contribution >= 4 is 17.9 Å². The van der Waals surface area contributed by atoms with E-state index >= 15 is 0 Å². The first-order chi connectivity index (χ1) is 41.0. The molecule has 83 heavy (non-hydrogen) atoms. The number of unbranched alkanes of at least 4 members (excludes halogenated alkanes) is 38. The highest BCUT2D eigenvalue weighted by molar-refractivity contribution is 5.71. The van der Waals surface area contributed by atoms with E-state index in [0.717, 1.165) is 116 Å². The number of hydrogen-bond donors (Lipinski definition) is 0. The van der Waals surface area contributed by atoms with E-state index in [-0.39, 0.29) is 31.1 Å². The fraction of sp³-hybridized carbons (Fsp3) is 0.753. The number of rotatable bonds is 65. The van der Waals surface area contributed by atoms with Crippen LogP contribution in [0.5, 0.6) is 0 Å². The van der Waals surface area contributed by atoms with Gasteiger partial charge in [-0.15, -0.1) is 0 Å². The van der Waals surface area contributed by atoms with Gasteiger partial charge in [0.1, 0.15) is 13.2 Å². The van der Waals surface area contributed by atoms with Crippen LogP contribution in [0.3, 0.4) is 0 Å². The van der Waals surface area contributed by atoms with Crippen molar-refractivity contribution < 1.29 is 28.6 Å². The topological polar surface area (TPSA) is 78.9 Å². The Morgan fingerprint density at radius 3 is 0.759 bits per heavy atom. The Labute approximate surface area is 515 Å².